The van der Waals surface area contributed by atoms with Gasteiger partial charge >= 0.3 is 12.1 Å². The maximum Gasteiger partial charge on any atom is 0.410 e. The first-order valence-corrected chi connectivity index (χ1v) is 6.51. The van der Waals surface area contributed by atoms with E-state index in [0.717, 1.165) is 4.90 Å². The fraction of sp³-hybridized carbons (Fsp3) is 0.333. The predicted molar refractivity (Wildman–Crippen MR) is 77.3 cm³/mol. The Morgan fingerprint density at radius 2 is 2.05 bits per heavy atom. The normalized spacial score (nSPS) is 11.3. The minimum Gasteiger partial charge on any atom is -0.492 e. The highest BCUT2D eigenvalue weighted by molar-refractivity contribution is 5.79. The van der Waals surface area contributed by atoms with Crippen molar-refractivity contribution in [1.82, 2.24) is 4.90 Å². The summed E-state index contributed by atoms with van der Waals surface area (Å²) in [5.41, 5.74) is 0. The molecule has 0 aliphatic carbocycles. The van der Waals surface area contributed by atoms with E-state index in [2.05, 4.69) is 6.58 Å². The zero-order chi connectivity index (χ0) is 15.7. The molecule has 1 unspecified atom stereocenters. The average molecular weight is 293 g/mol. The van der Waals surface area contributed by atoms with Crippen LogP contribution in [-0.4, -0.2) is 47.9 Å². The zero-order valence-corrected chi connectivity index (χ0v) is 11.9. The van der Waals surface area contributed by atoms with E-state index in [0.29, 0.717) is 5.75 Å². The number of hydrogen-bond acceptors (Lipinski definition) is 4. The molecule has 1 atom stereocenters. The number of para-hydroxylation sites is 1. The van der Waals surface area contributed by atoms with Gasteiger partial charge in [-0.25, -0.2) is 9.59 Å². The van der Waals surface area contributed by atoms with E-state index in [1.54, 1.807) is 12.1 Å². The van der Waals surface area contributed by atoms with E-state index >= 15 is 0 Å². The van der Waals surface area contributed by atoms with E-state index in [1.807, 2.05) is 18.2 Å². The topological polar surface area (TPSA) is 76.1 Å². The SMILES string of the molecule is C=CCOC(=O)N(CCOc1ccccc1)C(C)C(=O)O. The Morgan fingerprint density at radius 1 is 1.38 bits per heavy atom. The average Bonchev–Trinajstić information content (AvgIpc) is 2.49. The number of carbonyl (C=O) groups excluding carboxylic acids is 1. The van der Waals surface area contributed by atoms with E-state index in [-0.39, 0.29) is 19.8 Å². The Morgan fingerprint density at radius 3 is 2.62 bits per heavy atom. The zero-order valence-electron chi connectivity index (χ0n) is 11.9. The number of amides is 1. The van der Waals surface area contributed by atoms with Gasteiger partial charge in [0.25, 0.3) is 0 Å². The minimum absolute atomic E-state index is 0.0290. The van der Waals surface area contributed by atoms with Crippen molar-refractivity contribution in [2.75, 3.05) is 19.8 Å². The first kappa shape index (κ1) is 16.6. The molecule has 114 valence electrons. The Kier molecular flexibility index (Phi) is 6.80. The lowest BCUT2D eigenvalue weighted by molar-refractivity contribution is -0.142. The van der Waals surface area contributed by atoms with Crippen LogP contribution < -0.4 is 4.74 Å². The summed E-state index contributed by atoms with van der Waals surface area (Å²) in [6, 6.07) is 8.07. The predicted octanol–water partition coefficient (Wildman–Crippen LogP) is 2.16. The van der Waals surface area contributed by atoms with Crippen LogP contribution in [0.15, 0.2) is 43.0 Å². The van der Waals surface area contributed by atoms with Crippen LogP contribution in [0, 0.1) is 0 Å². The highest BCUT2D eigenvalue weighted by Gasteiger charge is 2.26. The Bertz CT molecular complexity index is 474. The van der Waals surface area contributed by atoms with Crippen molar-refractivity contribution in [3.8, 4) is 5.75 Å². The highest BCUT2D eigenvalue weighted by atomic mass is 16.6. The number of nitrogens with zero attached hydrogens (tertiary/aromatic N) is 1. The number of carboxylic acids is 1. The summed E-state index contributed by atoms with van der Waals surface area (Å²) in [6.45, 7) is 5.16. The van der Waals surface area contributed by atoms with Gasteiger partial charge in [-0.1, -0.05) is 30.9 Å². The van der Waals surface area contributed by atoms with Crippen LogP contribution in [0.1, 0.15) is 6.92 Å². The number of carboxylic acid groups (broad SMARTS) is 1. The summed E-state index contributed by atoms with van der Waals surface area (Å²) in [5, 5.41) is 9.03. The molecule has 0 aliphatic heterocycles. The number of carbonyl (C=O) groups is 2. The molecule has 1 rings (SSSR count). The van der Waals surface area contributed by atoms with E-state index in [1.165, 1.54) is 13.0 Å². The lowest BCUT2D eigenvalue weighted by atomic mass is 10.3. The van der Waals surface area contributed by atoms with Crippen LogP contribution in [-0.2, 0) is 9.53 Å². The Labute approximate surface area is 123 Å². The molecule has 1 N–H and O–H groups in total. The summed E-state index contributed by atoms with van der Waals surface area (Å²) in [7, 11) is 0. The summed E-state index contributed by atoms with van der Waals surface area (Å²) >= 11 is 0. The van der Waals surface area contributed by atoms with Crippen LogP contribution in [0.4, 0.5) is 4.79 Å². The molecule has 1 amide bonds. The van der Waals surface area contributed by atoms with Crippen molar-refractivity contribution >= 4 is 12.1 Å². The molecule has 0 bridgehead atoms. The molecule has 6 heteroatoms. The quantitative estimate of drug-likeness (QED) is 0.743. The molecule has 0 saturated carbocycles. The third-order valence-corrected chi connectivity index (χ3v) is 2.73. The third kappa shape index (κ3) is 5.56. The number of hydrogen-bond donors (Lipinski definition) is 1. The maximum atomic E-state index is 11.8. The molecule has 0 heterocycles. The molecule has 0 aromatic heterocycles. The fourth-order valence-electron chi connectivity index (χ4n) is 1.57. The van der Waals surface area contributed by atoms with Gasteiger partial charge in [0.1, 0.15) is 25.0 Å². The van der Waals surface area contributed by atoms with Crippen LogP contribution in [0.25, 0.3) is 0 Å². The highest BCUT2D eigenvalue weighted by Crippen LogP contribution is 2.09. The number of rotatable bonds is 8. The molecule has 6 nitrogen and oxygen atoms in total. The van der Waals surface area contributed by atoms with Crippen LogP contribution in [0.2, 0.25) is 0 Å². The summed E-state index contributed by atoms with van der Waals surface area (Å²) in [4.78, 5) is 24.0. The molecular formula is C15H19NO5. The molecule has 0 aliphatic rings. The third-order valence-electron chi connectivity index (χ3n) is 2.73. The molecular weight excluding hydrogens is 274 g/mol. The molecule has 0 spiro atoms. The van der Waals surface area contributed by atoms with Crippen LogP contribution in [0.3, 0.4) is 0 Å². The summed E-state index contributed by atoms with van der Waals surface area (Å²) in [5.74, 6) is -0.454. The first-order valence-electron chi connectivity index (χ1n) is 6.51. The fourth-order valence-corrected chi connectivity index (χ4v) is 1.57. The molecule has 0 radical (unpaired) electrons. The van der Waals surface area contributed by atoms with Crippen molar-refractivity contribution in [1.29, 1.82) is 0 Å². The van der Waals surface area contributed by atoms with Crippen LogP contribution in [0.5, 0.6) is 5.75 Å². The lowest BCUT2D eigenvalue weighted by Gasteiger charge is -2.25. The van der Waals surface area contributed by atoms with Crippen molar-refractivity contribution in [3.63, 3.8) is 0 Å². The molecule has 0 fully saturated rings. The second kappa shape index (κ2) is 8.63. The van der Waals surface area contributed by atoms with Gasteiger partial charge < -0.3 is 14.6 Å². The van der Waals surface area contributed by atoms with Gasteiger partial charge in [0.05, 0.1) is 6.54 Å². The Balaban J connectivity index is 2.58. The lowest BCUT2D eigenvalue weighted by Crippen LogP contribution is -2.45. The molecule has 1 aromatic carbocycles. The van der Waals surface area contributed by atoms with E-state index < -0.39 is 18.1 Å². The van der Waals surface area contributed by atoms with Gasteiger partial charge in [0.15, 0.2) is 0 Å². The molecule has 21 heavy (non-hydrogen) atoms. The summed E-state index contributed by atoms with van der Waals surface area (Å²) in [6.07, 6.45) is 0.712. The number of benzene rings is 1. The van der Waals surface area contributed by atoms with Gasteiger partial charge in [-0.3, -0.25) is 4.90 Å². The summed E-state index contributed by atoms with van der Waals surface area (Å²) < 4.78 is 10.3. The number of aliphatic carboxylic acids is 1. The van der Waals surface area contributed by atoms with Crippen molar-refractivity contribution < 1.29 is 24.2 Å². The van der Waals surface area contributed by atoms with E-state index in [4.69, 9.17) is 14.6 Å². The Hall–Kier alpha value is -2.50. The number of ether oxygens (including phenoxy) is 2. The van der Waals surface area contributed by atoms with Gasteiger partial charge in [0, 0.05) is 0 Å². The van der Waals surface area contributed by atoms with Crippen molar-refractivity contribution in [2.45, 2.75) is 13.0 Å². The monoisotopic (exact) mass is 293 g/mol. The van der Waals surface area contributed by atoms with Gasteiger partial charge in [-0.15, -0.1) is 0 Å². The van der Waals surface area contributed by atoms with Crippen molar-refractivity contribution in [3.05, 3.63) is 43.0 Å². The van der Waals surface area contributed by atoms with Gasteiger partial charge in [0.2, 0.25) is 0 Å². The molecule has 0 saturated heterocycles. The first-order chi connectivity index (χ1) is 10.1. The second-order valence-electron chi connectivity index (χ2n) is 4.23. The maximum absolute atomic E-state index is 11.8. The standard InChI is InChI=1S/C15H19NO5/c1-3-10-21-15(19)16(12(2)14(17)18)9-11-20-13-7-5-4-6-8-13/h3-8,12H,1,9-11H2,2H3,(H,17,18). The second-order valence-corrected chi connectivity index (χ2v) is 4.23. The van der Waals surface area contributed by atoms with Crippen LogP contribution >= 0.6 is 0 Å². The minimum atomic E-state index is -1.11. The van der Waals surface area contributed by atoms with Crippen molar-refractivity contribution in [2.24, 2.45) is 0 Å². The van der Waals surface area contributed by atoms with Gasteiger partial charge in [-0.2, -0.15) is 0 Å². The largest absolute Gasteiger partial charge is 0.492 e. The van der Waals surface area contributed by atoms with E-state index in [9.17, 15) is 9.59 Å². The van der Waals surface area contributed by atoms with Gasteiger partial charge in [-0.05, 0) is 19.1 Å². The smallest absolute Gasteiger partial charge is 0.410 e. The molecule has 1 aromatic rings.